The molecule has 4 aliphatic heterocycles. The Morgan fingerprint density at radius 1 is 1.31 bits per heavy atom. The number of hydrogen-bond donors (Lipinski definition) is 4. The number of hydrogen-bond acceptors (Lipinski definition) is 11. The predicted octanol–water partition coefficient (Wildman–Crippen LogP) is -0.0636. The number of ether oxygens (including phenoxy) is 2. The van der Waals surface area contributed by atoms with E-state index >= 15 is 0 Å². The normalized spacial score (nSPS) is 33.4. The lowest BCUT2D eigenvalue weighted by Crippen LogP contribution is -2.55. The molecule has 35 heavy (non-hydrogen) atoms. The van der Waals surface area contributed by atoms with Gasteiger partial charge in [-0.05, 0) is 29.9 Å². The highest BCUT2D eigenvalue weighted by Gasteiger charge is 2.56. The molecule has 4 N–H and O–H groups in total. The highest BCUT2D eigenvalue weighted by Crippen LogP contribution is 2.61. The zero-order chi connectivity index (χ0) is 24.5. The number of amides is 1. The number of phenols is 1. The Hall–Kier alpha value is -2.45. The van der Waals surface area contributed by atoms with Gasteiger partial charge in [0, 0.05) is 19.2 Å². The molecule has 1 amide bonds. The number of fused-ring (bicyclic) bond motifs is 6. The molecule has 15 heteroatoms. The second-order valence-electron chi connectivity index (χ2n) is 8.74. The van der Waals surface area contributed by atoms with Crippen molar-refractivity contribution < 1.29 is 42.6 Å². The van der Waals surface area contributed by atoms with Gasteiger partial charge in [-0.3, -0.25) is 23.3 Å². The average Bonchev–Trinajstić information content (AvgIpc) is 3.42. The topological polar surface area (TPSA) is 151 Å². The van der Waals surface area contributed by atoms with Crippen LogP contribution in [0.15, 0.2) is 12.1 Å². The first-order valence-electron chi connectivity index (χ1n) is 10.9. The minimum absolute atomic E-state index is 0.000314. The highest BCUT2D eigenvalue weighted by molar-refractivity contribution is 7.80. The van der Waals surface area contributed by atoms with E-state index in [1.54, 1.807) is 6.07 Å². The van der Waals surface area contributed by atoms with Crippen LogP contribution in [0.25, 0.3) is 5.57 Å². The summed E-state index contributed by atoms with van der Waals surface area (Å²) in [5.41, 5.74) is 0.849. The van der Waals surface area contributed by atoms with Crippen molar-refractivity contribution >= 4 is 36.6 Å². The predicted molar refractivity (Wildman–Crippen MR) is 123 cm³/mol. The summed E-state index contributed by atoms with van der Waals surface area (Å²) in [7, 11) is -2.17. The number of aliphatic hydroxyl groups excluding tert-OH is 1. The Kier molecular flexibility index (Phi) is 5.45. The van der Waals surface area contributed by atoms with Gasteiger partial charge >= 0.3 is 7.82 Å². The first-order valence-corrected chi connectivity index (χ1v) is 12.8. The summed E-state index contributed by atoms with van der Waals surface area (Å²) in [5.74, 6) is -0.551. The Morgan fingerprint density at radius 2 is 2.11 bits per heavy atom. The van der Waals surface area contributed by atoms with Crippen molar-refractivity contribution in [1.29, 1.82) is 0 Å². The van der Waals surface area contributed by atoms with Gasteiger partial charge in [-0.15, -0.1) is 0 Å². The van der Waals surface area contributed by atoms with Crippen molar-refractivity contribution in [3.63, 3.8) is 0 Å². The number of rotatable bonds is 4. The Balaban J connectivity index is 1.20. The molecule has 0 radical (unpaired) electrons. The molecule has 0 spiro atoms. The van der Waals surface area contributed by atoms with E-state index in [2.05, 4.69) is 10.6 Å². The molecule has 0 bridgehead atoms. The van der Waals surface area contributed by atoms with Crippen LogP contribution in [0, 0.1) is 0 Å². The number of carbonyl (C=O) groups excluding carboxylic acids is 1. The molecule has 1 unspecified atom stereocenters. The molecule has 188 valence electrons. The van der Waals surface area contributed by atoms with E-state index in [-0.39, 0.29) is 36.2 Å². The third kappa shape index (κ3) is 3.76. The summed E-state index contributed by atoms with van der Waals surface area (Å²) in [6.07, 6.45) is -1.69. The number of phosphoric acid groups is 1. The number of aromatic hydroxyl groups is 1. The molecule has 1 aliphatic carbocycles. The number of aliphatic hydroxyl groups is 1. The van der Waals surface area contributed by atoms with Crippen LogP contribution in [0.4, 0.5) is 0 Å². The molecule has 2 saturated heterocycles. The number of nitrogens with one attached hydrogen (secondary N) is 2. The van der Waals surface area contributed by atoms with Gasteiger partial charge in [-0.1, -0.05) is 0 Å². The molecule has 1 aromatic carbocycles. The summed E-state index contributed by atoms with van der Waals surface area (Å²) in [6, 6.07) is 0.784. The number of thiocarbonyl (C=S) groups is 1. The van der Waals surface area contributed by atoms with Crippen molar-refractivity contribution in [2.75, 3.05) is 40.3 Å². The van der Waals surface area contributed by atoms with Gasteiger partial charge in [0.05, 0.1) is 31.5 Å². The fourth-order valence-electron chi connectivity index (χ4n) is 4.84. The van der Waals surface area contributed by atoms with Crippen molar-refractivity contribution in [3.8, 4) is 17.2 Å². The van der Waals surface area contributed by atoms with Crippen molar-refractivity contribution in [2.45, 2.75) is 24.4 Å². The molecule has 6 rings (SSSR count). The fourth-order valence-corrected chi connectivity index (χ4v) is 6.53. The molecule has 13 nitrogen and oxygen atoms in total. The number of nitrogens with zero attached hydrogens (tertiary/aromatic N) is 2. The lowest BCUT2D eigenvalue weighted by atomic mass is 9.79. The monoisotopic (exact) mass is 526 g/mol. The highest BCUT2D eigenvalue weighted by atomic mass is 32.1. The van der Waals surface area contributed by atoms with Crippen LogP contribution in [-0.2, 0) is 18.1 Å². The molecule has 5 atom stereocenters. The standard InChI is InChI=1S/C20H23N4O9PS/c1-23-7-24(6-21-20(23)35)2-3-31-34(28)32-16-11(25)4-10-9-5-12-17(30-8-29-12)15(26)13(9)19(27)22-14(10)18(16)33-34/h4-5,11,14,16,18,25-26H,2-3,6-8H2,1H3,(H,21,35)(H,22,27)/t11-,14+,16+,18-,34?/m0/s1. The number of phenolic OH excluding ortho intramolecular Hbond substituents is 1. The Morgan fingerprint density at radius 3 is 2.91 bits per heavy atom. The molecule has 4 heterocycles. The lowest BCUT2D eigenvalue weighted by Gasteiger charge is -2.38. The third-order valence-electron chi connectivity index (χ3n) is 6.51. The van der Waals surface area contributed by atoms with E-state index < -0.39 is 38.1 Å². The third-order valence-corrected chi connectivity index (χ3v) is 8.47. The maximum atomic E-state index is 13.2. The van der Waals surface area contributed by atoms with Crippen LogP contribution in [0.2, 0.25) is 0 Å². The molecule has 5 aliphatic rings. The molecular formula is C20H23N4O9PS. The first-order chi connectivity index (χ1) is 16.7. The van der Waals surface area contributed by atoms with Gasteiger partial charge in [-0.25, -0.2) is 4.57 Å². The van der Waals surface area contributed by atoms with Gasteiger partial charge in [0.2, 0.25) is 12.5 Å². The zero-order valence-electron chi connectivity index (χ0n) is 18.5. The van der Waals surface area contributed by atoms with E-state index in [0.717, 1.165) is 0 Å². The zero-order valence-corrected chi connectivity index (χ0v) is 20.2. The maximum Gasteiger partial charge on any atom is 0.475 e. The quantitative estimate of drug-likeness (QED) is 0.307. The van der Waals surface area contributed by atoms with E-state index in [1.807, 2.05) is 16.8 Å². The van der Waals surface area contributed by atoms with E-state index in [9.17, 15) is 19.6 Å². The summed E-state index contributed by atoms with van der Waals surface area (Å²) in [5, 5.41) is 27.8. The molecule has 2 fully saturated rings. The molecule has 0 aromatic heterocycles. The van der Waals surface area contributed by atoms with Crippen LogP contribution < -0.4 is 20.1 Å². The number of phosphoric ester groups is 1. The fraction of sp³-hybridized carbons (Fsp3) is 0.500. The van der Waals surface area contributed by atoms with Gasteiger partial charge in [0.1, 0.15) is 18.3 Å². The largest absolute Gasteiger partial charge is 0.504 e. The second kappa shape index (κ2) is 8.30. The van der Waals surface area contributed by atoms with Crippen LogP contribution >= 0.6 is 20.0 Å². The van der Waals surface area contributed by atoms with E-state index in [1.165, 1.54) is 6.08 Å². The van der Waals surface area contributed by atoms with Crippen LogP contribution in [-0.4, -0.2) is 95.7 Å². The summed E-state index contributed by atoms with van der Waals surface area (Å²) in [4.78, 5) is 16.8. The van der Waals surface area contributed by atoms with Crippen LogP contribution in [0.3, 0.4) is 0 Å². The van der Waals surface area contributed by atoms with E-state index in [4.69, 9.17) is 35.3 Å². The smallest absolute Gasteiger partial charge is 0.475 e. The number of benzene rings is 1. The van der Waals surface area contributed by atoms with Gasteiger partial charge in [-0.2, -0.15) is 0 Å². The van der Waals surface area contributed by atoms with Crippen LogP contribution in [0.1, 0.15) is 15.9 Å². The Labute approximate surface area is 205 Å². The molecule has 0 saturated carbocycles. The minimum Gasteiger partial charge on any atom is -0.504 e. The minimum atomic E-state index is -4.02. The van der Waals surface area contributed by atoms with Crippen molar-refractivity contribution in [3.05, 3.63) is 23.3 Å². The van der Waals surface area contributed by atoms with Gasteiger partial charge < -0.3 is 35.2 Å². The van der Waals surface area contributed by atoms with Crippen LogP contribution in [0.5, 0.6) is 17.2 Å². The van der Waals surface area contributed by atoms with Crippen molar-refractivity contribution in [2.24, 2.45) is 0 Å². The summed E-state index contributed by atoms with van der Waals surface area (Å²) < 4.78 is 40.7. The SMILES string of the molecule is CN1CN(CCOP2(=O)O[C@@H]3[C@H](O2)[C@@H](O)C=C2c4cc5c(c(O)c4C(=O)N[C@H]23)OCO5)CNC1=S. The molecular weight excluding hydrogens is 503 g/mol. The second-order valence-corrected chi connectivity index (χ2v) is 10.7. The van der Waals surface area contributed by atoms with Gasteiger partial charge in [0.25, 0.3) is 5.91 Å². The maximum absolute atomic E-state index is 13.2. The van der Waals surface area contributed by atoms with Crippen molar-refractivity contribution in [1.82, 2.24) is 20.4 Å². The first kappa shape index (κ1) is 23.0. The lowest BCUT2D eigenvalue weighted by molar-refractivity contribution is 0.0291. The number of carbonyl (C=O) groups is 1. The average molecular weight is 526 g/mol. The summed E-state index contributed by atoms with van der Waals surface area (Å²) in [6.45, 7) is 1.49. The molecule has 1 aromatic rings. The summed E-state index contributed by atoms with van der Waals surface area (Å²) >= 11 is 5.17. The van der Waals surface area contributed by atoms with Gasteiger partial charge in [0.15, 0.2) is 16.6 Å². The van der Waals surface area contributed by atoms with E-state index in [0.29, 0.717) is 36.1 Å². The Bertz CT molecular complexity index is 1200.